The normalized spacial score (nSPS) is 17.2. The van der Waals surface area contributed by atoms with Gasteiger partial charge in [0.2, 0.25) is 5.91 Å². The molecule has 2 aliphatic rings. The molecule has 3 N–H and O–H groups in total. The summed E-state index contributed by atoms with van der Waals surface area (Å²) in [5, 5.41) is 3.90. The number of ether oxygens (including phenoxy) is 1. The molecule has 0 bridgehead atoms. The molecule has 7 heteroatoms. The molecule has 0 atom stereocenters. The lowest BCUT2D eigenvalue weighted by Gasteiger charge is -2.35. The minimum absolute atomic E-state index is 0.0307. The Balaban J connectivity index is 1.28. The maximum Gasteiger partial charge on any atom is 0.239 e. The number of fused-ring (bicyclic) bond motifs is 1. The van der Waals surface area contributed by atoms with Gasteiger partial charge in [-0.1, -0.05) is 0 Å². The SMILES string of the molecule is COc1ccc(N2CCN(CC(=O)Nc3sc4c(c3N)CCCC4)CC2)cc1. The van der Waals surface area contributed by atoms with Crippen LogP contribution in [-0.2, 0) is 17.6 Å². The van der Waals surface area contributed by atoms with Gasteiger partial charge in [0.15, 0.2) is 0 Å². The summed E-state index contributed by atoms with van der Waals surface area (Å²) in [5.41, 5.74) is 9.52. The molecule has 150 valence electrons. The van der Waals surface area contributed by atoms with Gasteiger partial charge < -0.3 is 20.7 Å². The van der Waals surface area contributed by atoms with E-state index >= 15 is 0 Å². The van der Waals surface area contributed by atoms with Crippen molar-refractivity contribution in [3.05, 3.63) is 34.7 Å². The van der Waals surface area contributed by atoms with Crippen LogP contribution in [-0.4, -0.2) is 50.6 Å². The van der Waals surface area contributed by atoms with Crippen LogP contribution in [0.4, 0.5) is 16.4 Å². The Labute approximate surface area is 170 Å². The zero-order valence-corrected chi connectivity index (χ0v) is 17.2. The average molecular weight is 401 g/mol. The molecule has 1 aliphatic carbocycles. The van der Waals surface area contributed by atoms with Gasteiger partial charge in [-0.05, 0) is 55.5 Å². The molecule has 1 saturated heterocycles. The summed E-state index contributed by atoms with van der Waals surface area (Å²) in [7, 11) is 1.68. The highest BCUT2D eigenvalue weighted by atomic mass is 32.1. The first-order valence-corrected chi connectivity index (χ1v) is 10.8. The van der Waals surface area contributed by atoms with Crippen LogP contribution >= 0.6 is 11.3 Å². The average Bonchev–Trinajstić information content (AvgIpc) is 3.04. The van der Waals surface area contributed by atoms with Crippen molar-refractivity contribution < 1.29 is 9.53 Å². The van der Waals surface area contributed by atoms with E-state index in [-0.39, 0.29) is 5.91 Å². The molecule has 1 aromatic heterocycles. The predicted molar refractivity (Wildman–Crippen MR) is 116 cm³/mol. The number of nitrogens with one attached hydrogen (secondary N) is 1. The smallest absolute Gasteiger partial charge is 0.239 e. The van der Waals surface area contributed by atoms with Gasteiger partial charge in [-0.25, -0.2) is 0 Å². The van der Waals surface area contributed by atoms with Crippen molar-refractivity contribution in [3.63, 3.8) is 0 Å². The van der Waals surface area contributed by atoms with Gasteiger partial charge >= 0.3 is 0 Å². The lowest BCUT2D eigenvalue weighted by molar-refractivity contribution is -0.117. The van der Waals surface area contributed by atoms with Gasteiger partial charge in [0.25, 0.3) is 0 Å². The van der Waals surface area contributed by atoms with Crippen LogP contribution < -0.4 is 20.7 Å². The Morgan fingerprint density at radius 1 is 1.14 bits per heavy atom. The summed E-state index contributed by atoms with van der Waals surface area (Å²) in [4.78, 5) is 18.4. The summed E-state index contributed by atoms with van der Waals surface area (Å²) < 4.78 is 5.22. The Morgan fingerprint density at radius 3 is 2.54 bits per heavy atom. The number of nitrogens with two attached hydrogens (primary N) is 1. The standard InChI is InChI=1S/C21H28N4O2S/c1-27-16-8-6-15(7-9-16)25-12-10-24(11-13-25)14-19(26)23-21-20(22)17-4-2-3-5-18(17)28-21/h6-9H,2-5,10-14,22H2,1H3,(H,23,26). The molecule has 1 amide bonds. The van der Waals surface area contributed by atoms with E-state index in [0.29, 0.717) is 6.54 Å². The number of carbonyl (C=O) groups is 1. The Morgan fingerprint density at radius 2 is 1.86 bits per heavy atom. The number of benzene rings is 1. The number of amides is 1. The Bertz CT molecular complexity index is 826. The maximum absolute atomic E-state index is 12.5. The van der Waals surface area contributed by atoms with Crippen molar-refractivity contribution in [3.8, 4) is 5.75 Å². The summed E-state index contributed by atoms with van der Waals surface area (Å²) in [5.74, 6) is 0.900. The van der Waals surface area contributed by atoms with Gasteiger partial charge in [0.1, 0.15) is 10.8 Å². The van der Waals surface area contributed by atoms with Crippen LogP contribution in [0.15, 0.2) is 24.3 Å². The van der Waals surface area contributed by atoms with E-state index in [1.807, 2.05) is 12.1 Å². The molecular formula is C21H28N4O2S. The molecule has 1 aliphatic heterocycles. The van der Waals surface area contributed by atoms with Gasteiger partial charge in [0, 0.05) is 36.7 Å². The number of rotatable bonds is 5. The fraction of sp³-hybridized carbons (Fsp3) is 0.476. The number of piperazine rings is 1. The quantitative estimate of drug-likeness (QED) is 0.807. The topological polar surface area (TPSA) is 70.8 Å². The van der Waals surface area contributed by atoms with Crippen LogP contribution in [0.25, 0.3) is 0 Å². The highest BCUT2D eigenvalue weighted by Crippen LogP contribution is 2.40. The van der Waals surface area contributed by atoms with Crippen molar-refractivity contribution in [2.24, 2.45) is 0 Å². The molecule has 4 rings (SSSR count). The molecule has 0 unspecified atom stereocenters. The second kappa shape index (κ2) is 8.41. The summed E-state index contributed by atoms with van der Waals surface area (Å²) >= 11 is 1.66. The van der Waals surface area contributed by atoms with Crippen molar-refractivity contribution in [1.29, 1.82) is 0 Å². The first-order chi connectivity index (χ1) is 13.6. The van der Waals surface area contributed by atoms with Crippen LogP contribution in [0.2, 0.25) is 0 Å². The minimum Gasteiger partial charge on any atom is -0.497 e. The Kier molecular flexibility index (Phi) is 5.73. The molecule has 1 fully saturated rings. The lowest BCUT2D eigenvalue weighted by Crippen LogP contribution is -2.48. The van der Waals surface area contributed by atoms with Crippen LogP contribution in [0, 0.1) is 0 Å². The summed E-state index contributed by atoms with van der Waals surface area (Å²) in [6, 6.07) is 8.14. The van der Waals surface area contributed by atoms with Crippen molar-refractivity contribution >= 4 is 33.6 Å². The van der Waals surface area contributed by atoms with Crippen LogP contribution in [0.3, 0.4) is 0 Å². The molecule has 6 nitrogen and oxygen atoms in total. The third-order valence-corrected chi connectivity index (χ3v) is 6.87. The van der Waals surface area contributed by atoms with Gasteiger partial charge in [-0.2, -0.15) is 0 Å². The molecule has 0 radical (unpaired) electrons. The van der Waals surface area contributed by atoms with E-state index in [9.17, 15) is 4.79 Å². The van der Waals surface area contributed by atoms with Crippen molar-refractivity contribution in [1.82, 2.24) is 4.90 Å². The van der Waals surface area contributed by atoms with E-state index in [1.165, 1.54) is 29.0 Å². The zero-order chi connectivity index (χ0) is 19.5. The Hall–Kier alpha value is -2.25. The maximum atomic E-state index is 12.5. The number of nitrogen functional groups attached to an aromatic ring is 1. The number of nitrogens with zero attached hydrogens (tertiary/aromatic N) is 2. The fourth-order valence-corrected chi connectivity index (χ4v) is 5.24. The van der Waals surface area contributed by atoms with Crippen LogP contribution in [0.1, 0.15) is 23.3 Å². The largest absolute Gasteiger partial charge is 0.497 e. The third-order valence-electron chi connectivity index (χ3n) is 5.64. The van der Waals surface area contributed by atoms with Gasteiger partial charge in [-0.15, -0.1) is 11.3 Å². The van der Waals surface area contributed by atoms with Crippen LogP contribution in [0.5, 0.6) is 5.75 Å². The van der Waals surface area contributed by atoms with E-state index in [1.54, 1.807) is 18.4 Å². The molecule has 2 aromatic rings. The number of aryl methyl sites for hydroxylation is 1. The van der Waals surface area contributed by atoms with E-state index < -0.39 is 0 Å². The highest BCUT2D eigenvalue weighted by Gasteiger charge is 2.22. The van der Waals surface area contributed by atoms with Crippen molar-refractivity contribution in [2.45, 2.75) is 25.7 Å². The van der Waals surface area contributed by atoms with Gasteiger partial charge in [0.05, 0.1) is 19.3 Å². The molecule has 28 heavy (non-hydrogen) atoms. The first kappa shape index (κ1) is 19.1. The van der Waals surface area contributed by atoms with E-state index in [4.69, 9.17) is 10.5 Å². The lowest BCUT2D eigenvalue weighted by atomic mass is 9.98. The van der Waals surface area contributed by atoms with Gasteiger partial charge in [-0.3, -0.25) is 9.69 Å². The molecule has 0 spiro atoms. The molecule has 1 aromatic carbocycles. The first-order valence-electron chi connectivity index (χ1n) is 9.95. The number of methoxy groups -OCH3 is 1. The number of hydrogen-bond donors (Lipinski definition) is 2. The summed E-state index contributed by atoms with van der Waals surface area (Å²) in [6.45, 7) is 3.98. The van der Waals surface area contributed by atoms with E-state index in [0.717, 1.165) is 55.5 Å². The number of carbonyl (C=O) groups excluding carboxylic acids is 1. The van der Waals surface area contributed by atoms with E-state index in [2.05, 4.69) is 27.2 Å². The minimum atomic E-state index is 0.0307. The number of hydrogen-bond acceptors (Lipinski definition) is 6. The second-order valence-corrected chi connectivity index (χ2v) is 8.57. The fourth-order valence-electron chi connectivity index (χ4n) is 4.01. The monoisotopic (exact) mass is 400 g/mol. The second-order valence-electron chi connectivity index (χ2n) is 7.46. The molecule has 0 saturated carbocycles. The summed E-state index contributed by atoms with van der Waals surface area (Å²) in [6.07, 6.45) is 4.55. The number of thiophene rings is 1. The molecule has 2 heterocycles. The highest BCUT2D eigenvalue weighted by molar-refractivity contribution is 7.17. The predicted octanol–water partition coefficient (Wildman–Crippen LogP) is 2.98. The molecular weight excluding hydrogens is 372 g/mol. The number of anilines is 3. The van der Waals surface area contributed by atoms with Crippen molar-refractivity contribution in [2.75, 3.05) is 55.8 Å². The third kappa shape index (κ3) is 4.10. The zero-order valence-electron chi connectivity index (χ0n) is 16.4.